The van der Waals surface area contributed by atoms with Gasteiger partial charge in [-0.05, 0) is 44.2 Å². The Kier molecular flexibility index (Phi) is 4.71. The highest BCUT2D eigenvalue weighted by Crippen LogP contribution is 2.34. The van der Waals surface area contributed by atoms with Gasteiger partial charge in [-0.2, -0.15) is 5.10 Å². The van der Waals surface area contributed by atoms with Crippen LogP contribution in [0.5, 0.6) is 0 Å². The van der Waals surface area contributed by atoms with Crippen molar-refractivity contribution in [3.05, 3.63) is 46.8 Å². The predicted molar refractivity (Wildman–Crippen MR) is 103 cm³/mol. The molecule has 7 heteroatoms. The minimum atomic E-state index is -1.04. The van der Waals surface area contributed by atoms with Crippen molar-refractivity contribution < 1.29 is 19.4 Å². The highest BCUT2D eigenvalue weighted by atomic mass is 16.5. The van der Waals surface area contributed by atoms with E-state index in [2.05, 4.69) is 0 Å². The van der Waals surface area contributed by atoms with Crippen LogP contribution in [0.1, 0.15) is 40.2 Å². The number of benzene rings is 1. The second kappa shape index (κ2) is 7.05. The fourth-order valence-corrected chi connectivity index (χ4v) is 4.44. The van der Waals surface area contributed by atoms with Gasteiger partial charge in [0.05, 0.1) is 12.3 Å². The molecule has 7 nitrogen and oxygen atoms in total. The summed E-state index contributed by atoms with van der Waals surface area (Å²) >= 11 is 0. The number of para-hydroxylation sites is 1. The topological polar surface area (TPSA) is 84.7 Å². The molecule has 0 bridgehead atoms. The van der Waals surface area contributed by atoms with Gasteiger partial charge in [-0.25, -0.2) is 4.68 Å². The van der Waals surface area contributed by atoms with Crippen LogP contribution in [0.2, 0.25) is 0 Å². The number of ether oxygens (including phenoxy) is 1. The van der Waals surface area contributed by atoms with E-state index in [-0.39, 0.29) is 19.1 Å². The first-order valence-electron chi connectivity index (χ1n) is 9.65. The van der Waals surface area contributed by atoms with Crippen molar-refractivity contribution in [3.8, 4) is 5.69 Å². The number of carbonyl (C=O) groups excluding carboxylic acids is 1. The third-order valence-electron chi connectivity index (χ3n) is 5.99. The molecule has 2 aliphatic rings. The molecule has 0 saturated carbocycles. The molecule has 1 aliphatic carbocycles. The Labute approximate surface area is 163 Å². The molecule has 1 saturated heterocycles. The van der Waals surface area contributed by atoms with Crippen LogP contribution < -0.4 is 0 Å². The van der Waals surface area contributed by atoms with E-state index in [1.54, 1.807) is 4.90 Å². The summed E-state index contributed by atoms with van der Waals surface area (Å²) in [4.78, 5) is 26.7. The van der Waals surface area contributed by atoms with Crippen molar-refractivity contribution in [1.82, 2.24) is 14.7 Å². The van der Waals surface area contributed by atoms with Crippen molar-refractivity contribution in [3.63, 3.8) is 0 Å². The summed E-state index contributed by atoms with van der Waals surface area (Å²) in [5, 5.41) is 14.4. The van der Waals surface area contributed by atoms with Crippen molar-refractivity contribution >= 4 is 11.9 Å². The van der Waals surface area contributed by atoms with Gasteiger partial charge in [-0.3, -0.25) is 9.59 Å². The van der Waals surface area contributed by atoms with Crippen molar-refractivity contribution in [2.75, 3.05) is 26.8 Å². The summed E-state index contributed by atoms with van der Waals surface area (Å²) in [7, 11) is 1.49. The number of carboxylic acids is 1. The predicted octanol–water partition coefficient (Wildman–Crippen LogP) is 2.23. The van der Waals surface area contributed by atoms with Gasteiger partial charge in [0, 0.05) is 31.5 Å². The number of rotatable bonds is 5. The van der Waals surface area contributed by atoms with Crippen molar-refractivity contribution in [1.29, 1.82) is 0 Å². The van der Waals surface area contributed by atoms with E-state index in [1.165, 1.54) is 7.11 Å². The molecule has 148 valence electrons. The number of hydrogen-bond donors (Lipinski definition) is 1. The van der Waals surface area contributed by atoms with Crippen LogP contribution in [0.25, 0.3) is 5.69 Å². The van der Waals surface area contributed by atoms with Gasteiger partial charge in [-0.15, -0.1) is 0 Å². The second-order valence-electron chi connectivity index (χ2n) is 7.82. The quantitative estimate of drug-likeness (QED) is 0.856. The van der Waals surface area contributed by atoms with Crippen LogP contribution in [0.4, 0.5) is 0 Å². The number of methoxy groups -OCH3 is 1. The standard InChI is InChI=1S/C21H25N3O4/c1-14-6-3-4-8-16(14)24-17-9-5-7-15(17)18(22-24)19(25)23-11-10-21(12-23,13-28-2)20(26)27/h3-4,6,8H,5,7,9-13H2,1-2H3,(H,26,27). The molecule has 1 unspecified atom stereocenters. The van der Waals surface area contributed by atoms with E-state index in [0.29, 0.717) is 18.7 Å². The Balaban J connectivity index is 1.67. The molecule has 1 aromatic heterocycles. The summed E-state index contributed by atoms with van der Waals surface area (Å²) in [6.45, 7) is 2.69. The molecule has 2 heterocycles. The summed E-state index contributed by atoms with van der Waals surface area (Å²) in [6, 6.07) is 8.00. The van der Waals surface area contributed by atoms with Gasteiger partial charge >= 0.3 is 5.97 Å². The van der Waals surface area contributed by atoms with Gasteiger partial charge in [-0.1, -0.05) is 18.2 Å². The van der Waals surface area contributed by atoms with E-state index in [0.717, 1.165) is 41.8 Å². The highest BCUT2D eigenvalue weighted by Gasteiger charge is 2.47. The monoisotopic (exact) mass is 383 g/mol. The maximum absolute atomic E-state index is 13.3. The first-order chi connectivity index (χ1) is 13.5. The van der Waals surface area contributed by atoms with Crippen LogP contribution in [0.15, 0.2) is 24.3 Å². The zero-order chi connectivity index (χ0) is 19.9. The normalized spacial score (nSPS) is 21.1. The first-order valence-corrected chi connectivity index (χ1v) is 9.65. The van der Waals surface area contributed by atoms with Crippen LogP contribution in [0, 0.1) is 12.3 Å². The molecule has 0 radical (unpaired) electrons. The van der Waals surface area contributed by atoms with Crippen LogP contribution in [-0.2, 0) is 22.4 Å². The lowest BCUT2D eigenvalue weighted by Gasteiger charge is -2.23. The summed E-state index contributed by atoms with van der Waals surface area (Å²) in [5.74, 6) is -1.09. The molecular weight excluding hydrogens is 358 g/mol. The number of hydrogen-bond acceptors (Lipinski definition) is 4. The Hall–Kier alpha value is -2.67. The van der Waals surface area contributed by atoms with E-state index < -0.39 is 11.4 Å². The zero-order valence-corrected chi connectivity index (χ0v) is 16.3. The molecule has 0 spiro atoms. The molecule has 1 aliphatic heterocycles. The second-order valence-corrected chi connectivity index (χ2v) is 7.82. The van der Waals surface area contributed by atoms with Gasteiger partial charge < -0.3 is 14.7 Å². The summed E-state index contributed by atoms with van der Waals surface area (Å²) in [5.41, 5.74) is 3.62. The van der Waals surface area contributed by atoms with Crippen LogP contribution in [0.3, 0.4) is 0 Å². The van der Waals surface area contributed by atoms with E-state index in [9.17, 15) is 14.7 Å². The number of carbonyl (C=O) groups is 2. The lowest BCUT2D eigenvalue weighted by atomic mass is 9.88. The van der Waals surface area contributed by atoms with E-state index in [1.807, 2.05) is 35.9 Å². The molecule has 1 atom stereocenters. The molecule has 1 N–H and O–H groups in total. The van der Waals surface area contributed by atoms with Crippen LogP contribution >= 0.6 is 0 Å². The lowest BCUT2D eigenvalue weighted by Crippen LogP contribution is -2.40. The Morgan fingerprint density at radius 2 is 2.07 bits per heavy atom. The Morgan fingerprint density at radius 3 is 2.79 bits per heavy atom. The van der Waals surface area contributed by atoms with E-state index >= 15 is 0 Å². The Morgan fingerprint density at radius 1 is 1.29 bits per heavy atom. The average molecular weight is 383 g/mol. The van der Waals surface area contributed by atoms with Gasteiger partial charge in [0.15, 0.2) is 5.69 Å². The van der Waals surface area contributed by atoms with Gasteiger partial charge in [0.25, 0.3) is 5.91 Å². The number of aromatic nitrogens is 2. The Bertz CT molecular complexity index is 936. The maximum Gasteiger partial charge on any atom is 0.313 e. The zero-order valence-electron chi connectivity index (χ0n) is 16.3. The SMILES string of the molecule is COCC1(C(=O)O)CCN(C(=O)c2nn(-c3ccccc3C)c3c2CCC3)C1. The maximum atomic E-state index is 13.3. The van der Waals surface area contributed by atoms with Crippen LogP contribution in [-0.4, -0.2) is 58.5 Å². The van der Waals surface area contributed by atoms with Gasteiger partial charge in [0.2, 0.25) is 0 Å². The number of fused-ring (bicyclic) bond motifs is 1. The largest absolute Gasteiger partial charge is 0.481 e. The summed E-state index contributed by atoms with van der Waals surface area (Å²) in [6.07, 6.45) is 3.12. The number of likely N-dealkylation sites (tertiary alicyclic amines) is 1. The number of carboxylic acid groups (broad SMARTS) is 1. The minimum Gasteiger partial charge on any atom is -0.481 e. The third-order valence-corrected chi connectivity index (χ3v) is 5.99. The molecule has 28 heavy (non-hydrogen) atoms. The lowest BCUT2D eigenvalue weighted by molar-refractivity contribution is -0.151. The first kappa shape index (κ1) is 18.7. The fraction of sp³-hybridized carbons (Fsp3) is 0.476. The number of amides is 1. The molecule has 1 aromatic carbocycles. The fourth-order valence-electron chi connectivity index (χ4n) is 4.44. The van der Waals surface area contributed by atoms with Gasteiger partial charge in [0.1, 0.15) is 5.41 Å². The number of aliphatic carboxylic acids is 1. The third kappa shape index (κ3) is 2.90. The van der Waals surface area contributed by atoms with Crippen molar-refractivity contribution in [2.45, 2.75) is 32.6 Å². The van der Waals surface area contributed by atoms with Crippen molar-refractivity contribution in [2.24, 2.45) is 5.41 Å². The molecule has 1 amide bonds. The highest BCUT2D eigenvalue weighted by molar-refractivity contribution is 5.95. The summed E-state index contributed by atoms with van der Waals surface area (Å²) < 4.78 is 7.04. The smallest absolute Gasteiger partial charge is 0.313 e. The number of aryl methyl sites for hydroxylation is 1. The average Bonchev–Trinajstić information content (AvgIpc) is 3.37. The van der Waals surface area contributed by atoms with E-state index in [4.69, 9.17) is 9.84 Å². The number of nitrogens with zero attached hydrogens (tertiary/aromatic N) is 3. The molecular formula is C21H25N3O4. The minimum absolute atomic E-state index is 0.0991. The molecule has 4 rings (SSSR count). The molecule has 1 fully saturated rings. The molecule has 2 aromatic rings.